The minimum atomic E-state index is -3.75. The van der Waals surface area contributed by atoms with Crippen LogP contribution in [-0.2, 0) is 10.0 Å². The zero-order valence-electron chi connectivity index (χ0n) is 21.4. The first kappa shape index (κ1) is 26.8. The van der Waals surface area contributed by atoms with Gasteiger partial charge in [-0.2, -0.15) is 9.57 Å². The number of rotatable bonds is 4. The molecule has 3 N–H and O–H groups in total. The molecule has 0 amide bonds. The Morgan fingerprint density at radius 1 is 1.13 bits per heavy atom. The lowest BCUT2D eigenvalue weighted by atomic mass is 9.84. The fourth-order valence-electron chi connectivity index (χ4n) is 5.60. The van der Waals surface area contributed by atoms with Crippen molar-refractivity contribution in [2.45, 2.75) is 62.2 Å². The molecule has 6 rings (SSSR count). The third kappa shape index (κ3) is 5.34. The van der Waals surface area contributed by atoms with E-state index in [1.54, 1.807) is 60.6 Å². The average molecular weight is 558 g/mol. The van der Waals surface area contributed by atoms with Gasteiger partial charge in [0.1, 0.15) is 23.5 Å². The van der Waals surface area contributed by atoms with Gasteiger partial charge in [0, 0.05) is 29.4 Å². The Hall–Kier alpha value is -2.84. The molecule has 2 saturated heterocycles. The molecule has 2 aromatic rings. The lowest BCUT2D eigenvalue weighted by Gasteiger charge is -2.41. The van der Waals surface area contributed by atoms with E-state index in [0.717, 1.165) is 25.7 Å². The van der Waals surface area contributed by atoms with Gasteiger partial charge in [0.25, 0.3) is 0 Å². The van der Waals surface area contributed by atoms with Gasteiger partial charge in [-0.1, -0.05) is 11.6 Å². The highest BCUT2D eigenvalue weighted by Gasteiger charge is 2.44. The maximum atomic E-state index is 13.8. The molecule has 3 heterocycles. The lowest BCUT2D eigenvalue weighted by molar-refractivity contribution is -0.0568. The highest BCUT2D eigenvalue weighted by Crippen LogP contribution is 2.44. The van der Waals surface area contributed by atoms with E-state index in [-0.39, 0.29) is 10.9 Å². The van der Waals surface area contributed by atoms with Crippen molar-refractivity contribution in [1.82, 2.24) is 9.62 Å². The van der Waals surface area contributed by atoms with Gasteiger partial charge in [-0.25, -0.2) is 13.4 Å². The molecule has 2 bridgehead atoms. The number of hydrogen-bond donors (Lipinski definition) is 3. The van der Waals surface area contributed by atoms with Crippen LogP contribution < -0.4 is 15.4 Å². The predicted octanol–water partition coefficient (Wildman–Crippen LogP) is 4.26. The molecule has 0 aromatic heterocycles. The summed E-state index contributed by atoms with van der Waals surface area (Å²) in [4.78, 5) is 4.79. The van der Waals surface area contributed by atoms with E-state index >= 15 is 0 Å². The Morgan fingerprint density at radius 3 is 2.37 bits per heavy atom. The third-order valence-electron chi connectivity index (χ3n) is 7.76. The SMILES string of the molecule is CC1(C)Oc2ccc(S(=O)(=O)N3CC4CCC(CC4)C3)cc2C(N=C(NC#N)Nc2ccc(Cl)cc2)C1O. The molecular formula is C27H32ClN5O4S. The quantitative estimate of drug-likeness (QED) is 0.222. The normalized spacial score (nSPS) is 27.0. The summed E-state index contributed by atoms with van der Waals surface area (Å²) in [6, 6.07) is 10.7. The highest BCUT2D eigenvalue weighted by molar-refractivity contribution is 7.89. The Kier molecular flexibility index (Phi) is 7.31. The van der Waals surface area contributed by atoms with Crippen molar-refractivity contribution in [2.75, 3.05) is 18.4 Å². The number of ether oxygens (including phenoxy) is 1. The lowest BCUT2D eigenvalue weighted by Crippen LogP contribution is -2.49. The molecular weight excluding hydrogens is 526 g/mol. The first-order valence-corrected chi connectivity index (χ1v) is 14.7. The van der Waals surface area contributed by atoms with Gasteiger partial charge in [-0.15, -0.1) is 0 Å². The minimum Gasteiger partial charge on any atom is -0.485 e. The second kappa shape index (κ2) is 10.4. The smallest absolute Gasteiger partial charge is 0.243 e. The highest BCUT2D eigenvalue weighted by atomic mass is 35.5. The largest absolute Gasteiger partial charge is 0.485 e. The van der Waals surface area contributed by atoms with Crippen LogP contribution in [0.4, 0.5) is 5.69 Å². The molecule has 11 heteroatoms. The second-order valence-corrected chi connectivity index (χ2v) is 13.2. The number of nitriles is 1. The van der Waals surface area contributed by atoms with Crippen molar-refractivity contribution in [1.29, 1.82) is 5.26 Å². The van der Waals surface area contributed by atoms with Crippen molar-refractivity contribution < 1.29 is 18.3 Å². The van der Waals surface area contributed by atoms with E-state index in [2.05, 4.69) is 15.6 Å². The van der Waals surface area contributed by atoms with Crippen LogP contribution in [0.5, 0.6) is 5.75 Å². The molecule has 202 valence electrons. The number of aliphatic imine (C=N–C) groups is 1. The summed E-state index contributed by atoms with van der Waals surface area (Å²) in [6.45, 7) is 4.55. The topological polar surface area (TPSA) is 127 Å². The van der Waals surface area contributed by atoms with Crippen molar-refractivity contribution in [3.63, 3.8) is 0 Å². The van der Waals surface area contributed by atoms with Crippen LogP contribution in [0.3, 0.4) is 0 Å². The number of aliphatic hydroxyl groups excluding tert-OH is 1. The predicted molar refractivity (Wildman–Crippen MR) is 145 cm³/mol. The number of anilines is 1. The molecule has 38 heavy (non-hydrogen) atoms. The van der Waals surface area contributed by atoms with Gasteiger partial charge < -0.3 is 15.2 Å². The van der Waals surface area contributed by atoms with Crippen LogP contribution in [0.2, 0.25) is 5.02 Å². The maximum absolute atomic E-state index is 13.8. The molecule has 9 nitrogen and oxygen atoms in total. The Bertz CT molecular complexity index is 1350. The molecule has 2 atom stereocenters. The summed E-state index contributed by atoms with van der Waals surface area (Å²) in [5.41, 5.74) is 0.0544. The summed E-state index contributed by atoms with van der Waals surface area (Å²) in [6.07, 6.45) is 5.03. The van der Waals surface area contributed by atoms with E-state index in [9.17, 15) is 18.8 Å². The first-order valence-electron chi connectivity index (χ1n) is 12.8. The number of halogens is 1. The Balaban J connectivity index is 1.52. The zero-order chi connectivity index (χ0) is 27.1. The molecule has 1 saturated carbocycles. The van der Waals surface area contributed by atoms with Crippen LogP contribution in [0, 0.1) is 23.3 Å². The van der Waals surface area contributed by atoms with Gasteiger partial charge >= 0.3 is 0 Å². The summed E-state index contributed by atoms with van der Waals surface area (Å²) in [5.74, 6) is 1.32. The van der Waals surface area contributed by atoms with E-state index < -0.39 is 27.8 Å². The Morgan fingerprint density at radius 2 is 1.76 bits per heavy atom. The molecule has 0 spiro atoms. The minimum absolute atomic E-state index is 0.0971. The fourth-order valence-corrected chi connectivity index (χ4v) is 7.35. The Labute approximate surface area is 228 Å². The van der Waals surface area contributed by atoms with E-state index in [0.29, 0.717) is 46.9 Å². The van der Waals surface area contributed by atoms with Crippen LogP contribution in [0.15, 0.2) is 52.4 Å². The van der Waals surface area contributed by atoms with Crippen molar-refractivity contribution >= 4 is 33.3 Å². The van der Waals surface area contributed by atoms with Gasteiger partial charge in [-0.05, 0) is 93.8 Å². The zero-order valence-corrected chi connectivity index (χ0v) is 23.0. The number of nitrogens with zero attached hydrogens (tertiary/aromatic N) is 3. The molecule has 0 radical (unpaired) electrons. The number of nitrogens with one attached hydrogen (secondary N) is 2. The van der Waals surface area contributed by atoms with Crippen LogP contribution in [-0.4, -0.2) is 48.6 Å². The summed E-state index contributed by atoms with van der Waals surface area (Å²) < 4.78 is 35.2. The number of aliphatic hydroxyl groups is 1. The van der Waals surface area contributed by atoms with Gasteiger partial charge in [-0.3, -0.25) is 5.32 Å². The monoisotopic (exact) mass is 557 g/mol. The fraction of sp³-hybridized carbons (Fsp3) is 0.481. The van der Waals surface area contributed by atoms with Gasteiger partial charge in [0.15, 0.2) is 6.19 Å². The van der Waals surface area contributed by atoms with Gasteiger partial charge in [0.2, 0.25) is 16.0 Å². The molecule has 3 fully saturated rings. The standard InChI is InChI=1S/C27H32ClN5O4S/c1-27(2)25(34)24(32-26(30-16-29)31-20-9-7-19(28)8-10-20)22-13-21(11-12-23(22)37-27)38(35,36)33-14-17-3-4-18(15-33)6-5-17/h7-13,17-18,24-25,34H,3-6,14-15H2,1-2H3,(H2,30,31,32). The number of hydrogen-bond acceptors (Lipinski definition) is 6. The van der Waals surface area contributed by atoms with Crippen LogP contribution in [0.25, 0.3) is 0 Å². The van der Waals surface area contributed by atoms with E-state index in [1.165, 1.54) is 0 Å². The average Bonchev–Trinajstić information content (AvgIpc) is 3.23. The molecule has 2 aromatic carbocycles. The third-order valence-corrected chi connectivity index (χ3v) is 9.84. The summed E-state index contributed by atoms with van der Waals surface area (Å²) in [7, 11) is -3.75. The molecule has 2 unspecified atom stereocenters. The van der Waals surface area contributed by atoms with E-state index in [1.807, 2.05) is 6.19 Å². The van der Waals surface area contributed by atoms with Crippen molar-refractivity contribution in [3.8, 4) is 11.9 Å². The van der Waals surface area contributed by atoms with Gasteiger partial charge in [0.05, 0.1) is 4.90 Å². The second-order valence-electron chi connectivity index (χ2n) is 10.8. The number of sulfonamides is 1. The summed E-state index contributed by atoms with van der Waals surface area (Å²) in [5, 5.41) is 26.7. The number of benzene rings is 2. The number of fused-ring (bicyclic) bond motifs is 5. The molecule has 4 aliphatic rings. The molecule has 3 aliphatic heterocycles. The molecule has 1 aliphatic carbocycles. The maximum Gasteiger partial charge on any atom is 0.243 e. The summed E-state index contributed by atoms with van der Waals surface area (Å²) >= 11 is 5.98. The van der Waals surface area contributed by atoms with Crippen molar-refractivity contribution in [3.05, 3.63) is 53.1 Å². The first-order chi connectivity index (χ1) is 18.1. The van der Waals surface area contributed by atoms with Crippen LogP contribution in [0.1, 0.15) is 51.1 Å². The van der Waals surface area contributed by atoms with Crippen molar-refractivity contribution in [2.24, 2.45) is 16.8 Å². The van der Waals surface area contributed by atoms with E-state index in [4.69, 9.17) is 16.3 Å². The van der Waals surface area contributed by atoms with Crippen LogP contribution >= 0.6 is 11.6 Å². The number of guanidine groups is 1.